The standard InChI is InChI=1S/C20H28O5Si/c1-13(11-21)7-8-15-18(23-3)14(2)16-12-25-20(22)17(16)19(15)24-9-10-26(4,5)6/h7,11H,8-10,12H2,1-6H3. The number of ether oxygens (including phenoxy) is 3. The zero-order chi connectivity index (χ0) is 19.5. The molecule has 0 fully saturated rings. The number of rotatable bonds is 8. The molecule has 2 rings (SSSR count). The second-order valence-electron chi connectivity index (χ2n) is 7.82. The summed E-state index contributed by atoms with van der Waals surface area (Å²) in [7, 11) is 0.332. The summed E-state index contributed by atoms with van der Waals surface area (Å²) in [5, 5.41) is 0. The van der Waals surface area contributed by atoms with Crippen molar-refractivity contribution in [2.75, 3.05) is 13.7 Å². The molecule has 0 aliphatic carbocycles. The van der Waals surface area contributed by atoms with Crippen molar-refractivity contribution >= 4 is 20.3 Å². The largest absolute Gasteiger partial charge is 0.496 e. The highest BCUT2D eigenvalue weighted by Crippen LogP contribution is 2.43. The van der Waals surface area contributed by atoms with Gasteiger partial charge in [-0.25, -0.2) is 4.79 Å². The van der Waals surface area contributed by atoms with E-state index in [4.69, 9.17) is 14.2 Å². The number of hydrogen-bond acceptors (Lipinski definition) is 5. The number of fused-ring (bicyclic) bond motifs is 1. The van der Waals surface area contributed by atoms with Crippen LogP contribution < -0.4 is 9.47 Å². The van der Waals surface area contributed by atoms with E-state index in [0.717, 1.165) is 29.0 Å². The smallest absolute Gasteiger partial charge is 0.342 e. The topological polar surface area (TPSA) is 61.8 Å². The fourth-order valence-corrected chi connectivity index (χ4v) is 3.65. The van der Waals surface area contributed by atoms with Crippen molar-refractivity contribution in [3.8, 4) is 11.5 Å². The Kier molecular flexibility index (Phi) is 6.29. The van der Waals surface area contributed by atoms with Gasteiger partial charge in [0.1, 0.15) is 30.0 Å². The van der Waals surface area contributed by atoms with Crippen molar-refractivity contribution in [2.45, 2.75) is 52.6 Å². The third-order valence-electron chi connectivity index (χ3n) is 4.54. The van der Waals surface area contributed by atoms with Gasteiger partial charge in [0.2, 0.25) is 0 Å². The van der Waals surface area contributed by atoms with Crippen LogP contribution >= 0.6 is 0 Å². The lowest BCUT2D eigenvalue weighted by Gasteiger charge is -2.21. The Morgan fingerprint density at radius 3 is 2.54 bits per heavy atom. The fraction of sp³-hybridized carbons (Fsp3) is 0.500. The van der Waals surface area contributed by atoms with Gasteiger partial charge in [-0.05, 0) is 37.4 Å². The lowest BCUT2D eigenvalue weighted by molar-refractivity contribution is -0.104. The van der Waals surface area contributed by atoms with Crippen LogP contribution in [0.3, 0.4) is 0 Å². The predicted octanol–water partition coefficient (Wildman–Crippen LogP) is 4.08. The molecule has 0 N–H and O–H groups in total. The molecule has 142 valence electrons. The Labute approximate surface area is 156 Å². The van der Waals surface area contributed by atoms with Crippen molar-refractivity contribution in [1.82, 2.24) is 0 Å². The Bertz CT molecular complexity index is 744. The van der Waals surface area contributed by atoms with Gasteiger partial charge in [-0.1, -0.05) is 25.7 Å². The molecular formula is C20H28O5Si. The highest BCUT2D eigenvalue weighted by Gasteiger charge is 2.33. The average Bonchev–Trinajstić information content (AvgIpc) is 2.96. The van der Waals surface area contributed by atoms with E-state index in [1.807, 2.05) is 13.0 Å². The molecule has 1 heterocycles. The molecule has 1 aliphatic heterocycles. The fourth-order valence-electron chi connectivity index (χ4n) is 2.94. The number of carbonyl (C=O) groups is 2. The predicted molar refractivity (Wildman–Crippen MR) is 104 cm³/mol. The van der Waals surface area contributed by atoms with Gasteiger partial charge in [-0.15, -0.1) is 0 Å². The summed E-state index contributed by atoms with van der Waals surface area (Å²) in [5.74, 6) is 0.879. The number of benzene rings is 1. The first-order valence-corrected chi connectivity index (χ1v) is 12.5. The van der Waals surface area contributed by atoms with Gasteiger partial charge >= 0.3 is 5.97 Å². The maximum Gasteiger partial charge on any atom is 0.342 e. The van der Waals surface area contributed by atoms with Crippen LogP contribution in [0.4, 0.5) is 0 Å². The van der Waals surface area contributed by atoms with Crippen LogP contribution in [0, 0.1) is 6.92 Å². The summed E-state index contributed by atoms with van der Waals surface area (Å²) in [5.41, 5.74) is 3.64. The van der Waals surface area contributed by atoms with Crippen molar-refractivity contribution in [3.05, 3.63) is 33.9 Å². The second kappa shape index (κ2) is 8.08. The Balaban J connectivity index is 2.54. The number of carbonyl (C=O) groups excluding carboxylic acids is 2. The summed E-state index contributed by atoms with van der Waals surface area (Å²) in [6, 6.07) is 0.982. The van der Waals surface area contributed by atoms with E-state index in [-0.39, 0.29) is 12.6 Å². The highest BCUT2D eigenvalue weighted by molar-refractivity contribution is 6.76. The third-order valence-corrected chi connectivity index (χ3v) is 6.24. The summed E-state index contributed by atoms with van der Waals surface area (Å²) in [4.78, 5) is 23.3. The first-order chi connectivity index (χ1) is 12.2. The molecule has 0 amide bonds. The van der Waals surface area contributed by atoms with Crippen molar-refractivity contribution < 1.29 is 23.8 Å². The second-order valence-corrected chi connectivity index (χ2v) is 13.4. The molecule has 0 unspecified atom stereocenters. The average molecular weight is 377 g/mol. The quantitative estimate of drug-likeness (QED) is 0.296. The first-order valence-electron chi connectivity index (χ1n) is 8.83. The van der Waals surface area contributed by atoms with Crippen LogP contribution in [0.5, 0.6) is 11.5 Å². The number of methoxy groups -OCH3 is 1. The van der Waals surface area contributed by atoms with Crippen LogP contribution in [-0.4, -0.2) is 34.0 Å². The maximum atomic E-state index is 12.3. The lowest BCUT2D eigenvalue weighted by Crippen LogP contribution is -2.23. The summed E-state index contributed by atoms with van der Waals surface area (Å²) < 4.78 is 17.0. The molecule has 0 atom stereocenters. The molecule has 1 aromatic carbocycles. The van der Waals surface area contributed by atoms with Gasteiger partial charge in [0.25, 0.3) is 0 Å². The molecule has 5 nitrogen and oxygen atoms in total. The first kappa shape index (κ1) is 20.2. The van der Waals surface area contributed by atoms with E-state index < -0.39 is 8.07 Å². The van der Waals surface area contributed by atoms with Gasteiger partial charge in [0.05, 0.1) is 13.7 Å². The summed E-state index contributed by atoms with van der Waals surface area (Å²) in [6.45, 7) is 11.3. The minimum Gasteiger partial charge on any atom is -0.496 e. The number of cyclic esters (lactones) is 1. The van der Waals surface area contributed by atoms with Crippen molar-refractivity contribution in [1.29, 1.82) is 0 Å². The molecule has 0 radical (unpaired) electrons. The molecule has 26 heavy (non-hydrogen) atoms. The molecule has 6 heteroatoms. The van der Waals surface area contributed by atoms with E-state index in [1.165, 1.54) is 0 Å². The third kappa shape index (κ3) is 4.36. The van der Waals surface area contributed by atoms with Gasteiger partial charge < -0.3 is 14.2 Å². The summed E-state index contributed by atoms with van der Waals surface area (Å²) >= 11 is 0. The van der Waals surface area contributed by atoms with Crippen LogP contribution in [-0.2, 0) is 22.6 Å². The van der Waals surface area contributed by atoms with E-state index in [0.29, 0.717) is 35.7 Å². The van der Waals surface area contributed by atoms with Crippen LogP contribution in [0.15, 0.2) is 11.6 Å². The Hall–Kier alpha value is -2.08. The zero-order valence-electron chi connectivity index (χ0n) is 16.5. The van der Waals surface area contributed by atoms with Crippen LogP contribution in [0.2, 0.25) is 25.7 Å². The molecule has 0 spiro atoms. The van der Waals surface area contributed by atoms with E-state index in [1.54, 1.807) is 14.0 Å². The molecule has 1 aliphatic rings. The van der Waals surface area contributed by atoms with E-state index >= 15 is 0 Å². The number of esters is 1. The SMILES string of the molecule is COc1c(C)c2c(c(OCC[Si](C)(C)C)c1CC=C(C)C=O)C(=O)OC2. The number of hydrogen-bond donors (Lipinski definition) is 0. The molecule has 0 saturated carbocycles. The van der Waals surface area contributed by atoms with Gasteiger partial charge in [0.15, 0.2) is 0 Å². The van der Waals surface area contributed by atoms with Crippen LogP contribution in [0.25, 0.3) is 0 Å². The van der Waals surface area contributed by atoms with E-state index in [9.17, 15) is 9.59 Å². The monoisotopic (exact) mass is 376 g/mol. The normalized spacial score (nSPS) is 14.1. The lowest BCUT2D eigenvalue weighted by atomic mass is 9.95. The van der Waals surface area contributed by atoms with Crippen molar-refractivity contribution in [2.24, 2.45) is 0 Å². The minimum absolute atomic E-state index is 0.240. The van der Waals surface area contributed by atoms with E-state index in [2.05, 4.69) is 19.6 Å². The highest BCUT2D eigenvalue weighted by atomic mass is 28.3. The Morgan fingerprint density at radius 2 is 1.96 bits per heavy atom. The molecular weight excluding hydrogens is 348 g/mol. The molecule has 0 saturated heterocycles. The number of aldehydes is 1. The van der Waals surface area contributed by atoms with Crippen molar-refractivity contribution in [3.63, 3.8) is 0 Å². The van der Waals surface area contributed by atoms with Gasteiger partial charge in [-0.3, -0.25) is 4.79 Å². The Morgan fingerprint density at radius 1 is 1.27 bits per heavy atom. The number of allylic oxidation sites excluding steroid dienone is 2. The van der Waals surface area contributed by atoms with Gasteiger partial charge in [-0.2, -0.15) is 0 Å². The van der Waals surface area contributed by atoms with Crippen LogP contribution in [0.1, 0.15) is 34.0 Å². The summed E-state index contributed by atoms with van der Waals surface area (Å²) in [6.07, 6.45) is 3.09. The van der Waals surface area contributed by atoms with Gasteiger partial charge in [0, 0.05) is 19.2 Å². The molecule has 0 aromatic heterocycles. The molecule has 0 bridgehead atoms. The zero-order valence-corrected chi connectivity index (χ0v) is 17.5. The maximum absolute atomic E-state index is 12.3. The minimum atomic E-state index is -1.28. The molecule has 1 aromatic rings.